The summed E-state index contributed by atoms with van der Waals surface area (Å²) in [4.78, 5) is 16.7. The molecule has 0 radical (unpaired) electrons. The minimum absolute atomic E-state index is 0.0733. The molecule has 126 valence electrons. The lowest BCUT2D eigenvalue weighted by Gasteiger charge is -2.25. The molecule has 0 saturated carbocycles. The van der Waals surface area contributed by atoms with Crippen molar-refractivity contribution in [3.8, 4) is 5.69 Å². The number of rotatable bonds is 1. The number of carbonyl (C=O) groups is 1. The maximum absolute atomic E-state index is 12.4. The number of fused-ring (bicyclic) bond motifs is 3. The number of para-hydroxylation sites is 2. The molecule has 1 amide bonds. The zero-order valence-corrected chi connectivity index (χ0v) is 15.0. The van der Waals surface area contributed by atoms with Crippen LogP contribution in [0.1, 0.15) is 29.9 Å². The van der Waals surface area contributed by atoms with Crippen molar-refractivity contribution in [1.82, 2.24) is 3.96 Å². The van der Waals surface area contributed by atoms with Gasteiger partial charge in [0, 0.05) is 23.2 Å². The summed E-state index contributed by atoms with van der Waals surface area (Å²) in [6.45, 7) is 4.37. The number of aromatic nitrogens is 1. The molecule has 0 fully saturated rings. The predicted octanol–water partition coefficient (Wildman–Crippen LogP) is 4.03. The van der Waals surface area contributed by atoms with Gasteiger partial charge in [0.15, 0.2) is 0 Å². The maximum atomic E-state index is 12.4. The molecule has 0 unspecified atom stereocenters. The molecular weight excluding hydrogens is 330 g/mol. The van der Waals surface area contributed by atoms with Crippen LogP contribution >= 0.6 is 11.5 Å². The summed E-state index contributed by atoms with van der Waals surface area (Å²) < 4.78 is 2.91. The van der Waals surface area contributed by atoms with Gasteiger partial charge in [0.25, 0.3) is 5.91 Å². The van der Waals surface area contributed by atoms with Crippen LogP contribution < -0.4 is 9.99 Å². The third-order valence-corrected chi connectivity index (χ3v) is 5.20. The fraction of sp³-hybridized carbons (Fsp3) is 0.200. The van der Waals surface area contributed by atoms with E-state index in [1.54, 1.807) is 12.1 Å². The molecule has 0 atom stereocenters. The fourth-order valence-corrected chi connectivity index (χ4v) is 4.11. The van der Waals surface area contributed by atoms with E-state index in [1.165, 1.54) is 11.5 Å². The van der Waals surface area contributed by atoms with Crippen molar-refractivity contribution in [2.45, 2.75) is 25.8 Å². The highest BCUT2D eigenvalue weighted by atomic mass is 32.1. The lowest BCUT2D eigenvalue weighted by atomic mass is 9.98. The number of hydrogen-bond acceptors (Lipinski definition) is 3. The smallest absolute Gasteiger partial charge is 0.278 e. The number of carbonyl (C=O) groups excluding carboxylic acids is 1. The molecule has 1 N–H and O–H groups in total. The first-order valence-corrected chi connectivity index (χ1v) is 9.03. The Hall–Kier alpha value is -2.66. The van der Waals surface area contributed by atoms with Crippen molar-refractivity contribution in [2.75, 3.05) is 5.32 Å². The molecule has 0 spiro atoms. The third kappa shape index (κ3) is 3.15. The summed E-state index contributed by atoms with van der Waals surface area (Å²) >= 11 is 1.50. The van der Waals surface area contributed by atoms with Crippen molar-refractivity contribution >= 4 is 23.1 Å². The zero-order valence-electron chi connectivity index (χ0n) is 14.2. The molecule has 25 heavy (non-hydrogen) atoms. The molecule has 2 heterocycles. The van der Waals surface area contributed by atoms with Crippen molar-refractivity contribution in [3.63, 3.8) is 0 Å². The molecule has 4 nitrogen and oxygen atoms in total. The SMILES string of the molecule is CC1(C)Cc2cc(=NC(=O)c3ccccc3)sn2-c2ccccc2N1. The van der Waals surface area contributed by atoms with Crippen molar-refractivity contribution in [3.05, 3.63) is 76.6 Å². The van der Waals surface area contributed by atoms with E-state index in [1.807, 2.05) is 36.4 Å². The zero-order chi connectivity index (χ0) is 17.4. The third-order valence-electron chi connectivity index (χ3n) is 4.19. The normalized spacial score (nSPS) is 15.7. The Morgan fingerprint density at radius 3 is 2.64 bits per heavy atom. The Morgan fingerprint density at radius 2 is 1.84 bits per heavy atom. The van der Waals surface area contributed by atoms with Gasteiger partial charge < -0.3 is 5.32 Å². The topological polar surface area (TPSA) is 46.4 Å². The van der Waals surface area contributed by atoms with Crippen molar-refractivity contribution < 1.29 is 4.79 Å². The lowest BCUT2D eigenvalue weighted by molar-refractivity contribution is 0.0999. The van der Waals surface area contributed by atoms with Crippen LogP contribution in [0.3, 0.4) is 0 Å². The Morgan fingerprint density at radius 1 is 1.12 bits per heavy atom. The van der Waals surface area contributed by atoms with E-state index in [9.17, 15) is 4.79 Å². The summed E-state index contributed by atoms with van der Waals surface area (Å²) in [6.07, 6.45) is 0.854. The van der Waals surface area contributed by atoms with Gasteiger partial charge in [-0.05, 0) is 55.7 Å². The number of nitrogens with zero attached hydrogens (tertiary/aromatic N) is 2. The van der Waals surface area contributed by atoms with Crippen LogP contribution in [-0.2, 0) is 6.42 Å². The average molecular weight is 349 g/mol. The predicted molar refractivity (Wildman–Crippen MR) is 101 cm³/mol. The first kappa shape index (κ1) is 15.8. The van der Waals surface area contributed by atoms with E-state index >= 15 is 0 Å². The molecule has 0 bridgehead atoms. The number of amides is 1. The van der Waals surface area contributed by atoms with Crippen molar-refractivity contribution in [2.24, 2.45) is 4.99 Å². The van der Waals surface area contributed by atoms with E-state index in [0.29, 0.717) is 5.56 Å². The van der Waals surface area contributed by atoms with Crippen LogP contribution in [0.2, 0.25) is 0 Å². The van der Waals surface area contributed by atoms with Crippen LogP contribution in [-0.4, -0.2) is 15.4 Å². The minimum Gasteiger partial charge on any atom is -0.378 e. The summed E-state index contributed by atoms with van der Waals surface area (Å²) in [5, 5.41) is 3.61. The summed E-state index contributed by atoms with van der Waals surface area (Å²) in [6, 6.07) is 19.4. The first-order valence-electron chi connectivity index (χ1n) is 8.26. The van der Waals surface area contributed by atoms with E-state index < -0.39 is 0 Å². The van der Waals surface area contributed by atoms with Gasteiger partial charge in [0.05, 0.1) is 11.4 Å². The molecule has 1 aromatic heterocycles. The monoisotopic (exact) mass is 349 g/mol. The van der Waals surface area contributed by atoms with Crippen LogP contribution in [0, 0.1) is 0 Å². The van der Waals surface area contributed by atoms with Crippen LogP contribution in [0.25, 0.3) is 5.69 Å². The Balaban J connectivity index is 1.82. The number of nitrogens with one attached hydrogen (secondary N) is 1. The molecule has 3 aromatic rings. The maximum Gasteiger partial charge on any atom is 0.278 e. The second-order valence-electron chi connectivity index (χ2n) is 6.85. The Bertz CT molecular complexity index is 999. The number of benzene rings is 2. The van der Waals surface area contributed by atoms with E-state index in [4.69, 9.17) is 0 Å². The van der Waals surface area contributed by atoms with Gasteiger partial charge in [0.2, 0.25) is 0 Å². The summed E-state index contributed by atoms with van der Waals surface area (Å²) in [5.74, 6) is -0.205. The highest BCUT2D eigenvalue weighted by Crippen LogP contribution is 2.31. The van der Waals surface area contributed by atoms with Gasteiger partial charge in [-0.15, -0.1) is 0 Å². The second-order valence-corrected chi connectivity index (χ2v) is 7.81. The van der Waals surface area contributed by atoms with E-state index in [2.05, 4.69) is 40.2 Å². The molecule has 4 rings (SSSR count). The highest BCUT2D eigenvalue weighted by molar-refractivity contribution is 7.04. The molecule has 0 aliphatic carbocycles. The molecule has 1 aliphatic heterocycles. The second kappa shape index (κ2) is 6.01. The molecule has 2 aromatic carbocycles. The Labute approximate surface area is 150 Å². The molecular formula is C20H19N3OS. The van der Waals surface area contributed by atoms with Crippen LogP contribution in [0.5, 0.6) is 0 Å². The molecule has 1 aliphatic rings. The van der Waals surface area contributed by atoms with Gasteiger partial charge in [-0.25, -0.2) is 0 Å². The minimum atomic E-state index is -0.205. The quantitative estimate of drug-likeness (QED) is 0.721. The standard InChI is InChI=1S/C20H19N3OS/c1-20(2)13-15-12-18(21-19(24)14-8-4-3-5-9-14)25-23(15)17-11-7-6-10-16(17)22-20/h3-12,22H,13H2,1-2H3. The van der Waals surface area contributed by atoms with Gasteiger partial charge in [0.1, 0.15) is 4.67 Å². The fourth-order valence-electron chi connectivity index (χ4n) is 3.12. The van der Waals surface area contributed by atoms with Gasteiger partial charge in [-0.1, -0.05) is 30.3 Å². The summed E-state index contributed by atoms with van der Waals surface area (Å²) in [5.41, 5.74) is 3.89. The van der Waals surface area contributed by atoms with Gasteiger partial charge in [-0.3, -0.25) is 8.75 Å². The summed E-state index contributed by atoms with van der Waals surface area (Å²) in [7, 11) is 0. The number of anilines is 1. The largest absolute Gasteiger partial charge is 0.378 e. The van der Waals surface area contributed by atoms with Crippen LogP contribution in [0.15, 0.2) is 65.7 Å². The van der Waals surface area contributed by atoms with E-state index in [-0.39, 0.29) is 11.4 Å². The van der Waals surface area contributed by atoms with Crippen molar-refractivity contribution in [1.29, 1.82) is 0 Å². The first-order chi connectivity index (χ1) is 12.0. The molecule has 5 heteroatoms. The highest BCUT2D eigenvalue weighted by Gasteiger charge is 2.26. The van der Waals surface area contributed by atoms with Gasteiger partial charge >= 0.3 is 0 Å². The molecule has 0 saturated heterocycles. The lowest BCUT2D eigenvalue weighted by Crippen LogP contribution is -2.32. The van der Waals surface area contributed by atoms with E-state index in [0.717, 1.165) is 28.2 Å². The Kier molecular flexibility index (Phi) is 3.81. The van der Waals surface area contributed by atoms with Crippen LogP contribution in [0.4, 0.5) is 5.69 Å². The number of hydrogen-bond donors (Lipinski definition) is 1. The average Bonchev–Trinajstić information content (AvgIpc) is 2.92. The van der Waals surface area contributed by atoms with Gasteiger partial charge in [-0.2, -0.15) is 4.99 Å².